The Labute approximate surface area is 115 Å². The van der Waals surface area contributed by atoms with Crippen LogP contribution in [0.3, 0.4) is 0 Å². The van der Waals surface area contributed by atoms with Gasteiger partial charge in [-0.25, -0.2) is 0 Å². The van der Waals surface area contributed by atoms with E-state index in [4.69, 9.17) is 9.47 Å². The van der Waals surface area contributed by atoms with E-state index in [1.165, 1.54) is 0 Å². The van der Waals surface area contributed by atoms with E-state index >= 15 is 0 Å². The molecule has 0 saturated heterocycles. The average molecular weight is 262 g/mol. The van der Waals surface area contributed by atoms with Gasteiger partial charge in [-0.05, 0) is 44.7 Å². The first-order chi connectivity index (χ1) is 9.33. The van der Waals surface area contributed by atoms with Crippen LogP contribution < -0.4 is 9.47 Å². The van der Waals surface area contributed by atoms with Crippen molar-refractivity contribution in [1.82, 2.24) is 0 Å². The maximum atomic E-state index is 11.0. The molecule has 0 fully saturated rings. The smallest absolute Gasteiger partial charge is 0.171 e. The highest BCUT2D eigenvalue weighted by atomic mass is 16.5. The lowest BCUT2D eigenvalue weighted by molar-refractivity contribution is 0.111. The summed E-state index contributed by atoms with van der Waals surface area (Å²) >= 11 is 0. The monoisotopic (exact) mass is 262 g/mol. The van der Waals surface area contributed by atoms with Gasteiger partial charge >= 0.3 is 0 Å². The van der Waals surface area contributed by atoms with Crippen molar-refractivity contribution in [1.29, 1.82) is 0 Å². The van der Waals surface area contributed by atoms with Crippen molar-refractivity contribution in [3.05, 3.63) is 36.4 Å². The first-order valence-electron chi connectivity index (χ1n) is 6.78. The maximum absolute atomic E-state index is 11.0. The molecule has 0 unspecified atom stereocenters. The number of hydrogen-bond donors (Lipinski definition) is 0. The second-order valence-corrected chi connectivity index (χ2v) is 4.21. The van der Waals surface area contributed by atoms with Gasteiger partial charge in [0.1, 0.15) is 0 Å². The van der Waals surface area contributed by atoms with Crippen molar-refractivity contribution < 1.29 is 14.3 Å². The summed E-state index contributed by atoms with van der Waals surface area (Å²) in [5.41, 5.74) is 0.539. The van der Waals surface area contributed by atoms with Gasteiger partial charge in [0.05, 0.1) is 18.8 Å². The highest BCUT2D eigenvalue weighted by molar-refractivity contribution is 5.81. The molecule has 1 aromatic carbocycles. The minimum absolute atomic E-state index is 0.539. The number of carbonyl (C=O) groups is 1. The first-order valence-corrected chi connectivity index (χ1v) is 6.78. The van der Waals surface area contributed by atoms with Gasteiger partial charge < -0.3 is 9.47 Å². The Balaban J connectivity index is 2.54. The van der Waals surface area contributed by atoms with Crippen LogP contribution in [0.2, 0.25) is 0 Å². The van der Waals surface area contributed by atoms with Crippen LogP contribution in [0.4, 0.5) is 0 Å². The molecule has 0 saturated carbocycles. The van der Waals surface area contributed by atoms with Crippen LogP contribution in [0.25, 0.3) is 0 Å². The molecule has 0 amide bonds. The highest BCUT2D eigenvalue weighted by Crippen LogP contribution is 2.30. The van der Waals surface area contributed by atoms with Crippen molar-refractivity contribution in [3.8, 4) is 11.5 Å². The quantitative estimate of drug-likeness (QED) is 0.363. The Morgan fingerprint density at radius 3 is 2.74 bits per heavy atom. The summed E-state index contributed by atoms with van der Waals surface area (Å²) in [6.45, 7) is 6.76. The summed E-state index contributed by atoms with van der Waals surface area (Å²) in [4.78, 5) is 11.0. The minimum Gasteiger partial charge on any atom is -0.490 e. The van der Waals surface area contributed by atoms with Gasteiger partial charge in [-0.15, -0.1) is 6.58 Å². The minimum atomic E-state index is 0.539. The molecule has 0 N–H and O–H groups in total. The van der Waals surface area contributed by atoms with Gasteiger partial charge in [0, 0.05) is 0 Å². The number of rotatable bonds is 10. The number of ether oxygens (including phenoxy) is 2. The number of unbranched alkanes of at least 4 members (excludes halogenated alkanes) is 3. The third-order valence-electron chi connectivity index (χ3n) is 2.74. The summed E-state index contributed by atoms with van der Waals surface area (Å²) in [6.07, 6.45) is 6.95. The molecule has 0 atom stereocenters. The maximum Gasteiger partial charge on any atom is 0.171 e. The SMILES string of the molecule is C=CCCCCCOc1c(C=O)cccc1OCC. The summed E-state index contributed by atoms with van der Waals surface area (Å²) in [5.74, 6) is 1.20. The Morgan fingerprint density at radius 2 is 2.05 bits per heavy atom. The Morgan fingerprint density at radius 1 is 1.21 bits per heavy atom. The van der Waals surface area contributed by atoms with E-state index in [2.05, 4.69) is 6.58 Å². The van der Waals surface area contributed by atoms with E-state index < -0.39 is 0 Å². The third kappa shape index (κ3) is 5.16. The van der Waals surface area contributed by atoms with Gasteiger partial charge in [-0.1, -0.05) is 12.1 Å². The zero-order chi connectivity index (χ0) is 13.9. The first kappa shape index (κ1) is 15.3. The van der Waals surface area contributed by atoms with Gasteiger partial charge in [-0.3, -0.25) is 4.79 Å². The lowest BCUT2D eigenvalue weighted by Crippen LogP contribution is -2.03. The van der Waals surface area contributed by atoms with Crippen molar-refractivity contribution in [2.24, 2.45) is 0 Å². The number of para-hydroxylation sites is 1. The fourth-order valence-corrected chi connectivity index (χ4v) is 1.79. The topological polar surface area (TPSA) is 35.5 Å². The highest BCUT2D eigenvalue weighted by Gasteiger charge is 2.10. The van der Waals surface area contributed by atoms with Crippen molar-refractivity contribution in [3.63, 3.8) is 0 Å². The van der Waals surface area contributed by atoms with Crippen LogP contribution in [0.5, 0.6) is 11.5 Å². The third-order valence-corrected chi connectivity index (χ3v) is 2.74. The summed E-state index contributed by atoms with van der Waals surface area (Å²) in [7, 11) is 0. The van der Waals surface area contributed by atoms with E-state index in [1.807, 2.05) is 19.1 Å². The second kappa shape index (κ2) is 9.20. The van der Waals surface area contributed by atoms with E-state index in [9.17, 15) is 4.79 Å². The van der Waals surface area contributed by atoms with Gasteiger partial charge in [0.2, 0.25) is 0 Å². The van der Waals surface area contributed by atoms with E-state index in [0.29, 0.717) is 30.3 Å². The second-order valence-electron chi connectivity index (χ2n) is 4.21. The average Bonchev–Trinajstić information content (AvgIpc) is 2.44. The summed E-state index contributed by atoms with van der Waals surface area (Å²) in [5, 5.41) is 0. The van der Waals surface area contributed by atoms with Crippen LogP contribution in [0, 0.1) is 0 Å². The molecule has 19 heavy (non-hydrogen) atoms. The molecule has 0 aromatic heterocycles. The lowest BCUT2D eigenvalue weighted by atomic mass is 10.2. The van der Waals surface area contributed by atoms with Crippen LogP contribution in [0.15, 0.2) is 30.9 Å². The molecule has 0 aliphatic heterocycles. The van der Waals surface area contributed by atoms with Crippen LogP contribution in [-0.4, -0.2) is 19.5 Å². The van der Waals surface area contributed by atoms with Gasteiger partial charge in [-0.2, -0.15) is 0 Å². The number of hydrogen-bond acceptors (Lipinski definition) is 3. The number of allylic oxidation sites excluding steroid dienone is 1. The summed E-state index contributed by atoms with van der Waals surface area (Å²) < 4.78 is 11.2. The predicted octanol–water partition coefficient (Wildman–Crippen LogP) is 4.02. The Bertz CT molecular complexity index is 399. The molecule has 1 rings (SSSR count). The van der Waals surface area contributed by atoms with E-state index in [1.54, 1.807) is 12.1 Å². The molecule has 0 heterocycles. The Kier molecular flexibility index (Phi) is 7.40. The normalized spacial score (nSPS) is 9.95. The summed E-state index contributed by atoms with van der Waals surface area (Å²) in [6, 6.07) is 5.36. The molecule has 0 bridgehead atoms. The number of aldehydes is 1. The zero-order valence-corrected chi connectivity index (χ0v) is 11.6. The Hall–Kier alpha value is -1.77. The molecular formula is C16H22O3. The molecule has 0 aliphatic rings. The fraction of sp³-hybridized carbons (Fsp3) is 0.438. The number of benzene rings is 1. The molecule has 0 aliphatic carbocycles. The zero-order valence-electron chi connectivity index (χ0n) is 11.6. The molecule has 3 nitrogen and oxygen atoms in total. The number of carbonyl (C=O) groups excluding carboxylic acids is 1. The molecule has 0 spiro atoms. The molecule has 1 aromatic rings. The van der Waals surface area contributed by atoms with Gasteiger partial charge in [0.25, 0.3) is 0 Å². The van der Waals surface area contributed by atoms with Crippen LogP contribution in [0.1, 0.15) is 43.0 Å². The molecule has 3 heteroatoms. The van der Waals surface area contributed by atoms with Crippen molar-refractivity contribution >= 4 is 6.29 Å². The molecule has 104 valence electrons. The van der Waals surface area contributed by atoms with E-state index in [-0.39, 0.29) is 0 Å². The largest absolute Gasteiger partial charge is 0.490 e. The fourth-order valence-electron chi connectivity index (χ4n) is 1.79. The lowest BCUT2D eigenvalue weighted by Gasteiger charge is -2.13. The molecule has 0 radical (unpaired) electrons. The standard InChI is InChI=1S/C16H22O3/c1-3-5-6-7-8-12-19-16-14(13-17)10-9-11-15(16)18-4-2/h3,9-11,13H,1,4-8,12H2,2H3. The van der Waals surface area contributed by atoms with Crippen LogP contribution >= 0.6 is 0 Å². The van der Waals surface area contributed by atoms with Crippen LogP contribution in [-0.2, 0) is 0 Å². The van der Waals surface area contributed by atoms with Gasteiger partial charge in [0.15, 0.2) is 17.8 Å². The van der Waals surface area contributed by atoms with Crippen molar-refractivity contribution in [2.75, 3.05) is 13.2 Å². The van der Waals surface area contributed by atoms with E-state index in [0.717, 1.165) is 32.0 Å². The predicted molar refractivity (Wildman–Crippen MR) is 77.2 cm³/mol. The molecular weight excluding hydrogens is 240 g/mol. The van der Waals surface area contributed by atoms with Crippen molar-refractivity contribution in [2.45, 2.75) is 32.6 Å².